The van der Waals surface area contributed by atoms with Crippen molar-refractivity contribution in [3.63, 3.8) is 0 Å². The van der Waals surface area contributed by atoms with Crippen LogP contribution in [0.4, 0.5) is 0 Å². The standard InChI is InChI=1S/C10H13BrO4/c1-15-9-3-2-6(12)4-7(9)10(14)8(13)5-11/h2-4,8,10,12-14H,5H2,1H3. The molecule has 0 heterocycles. The molecule has 0 saturated carbocycles. The number of aliphatic hydroxyl groups is 2. The summed E-state index contributed by atoms with van der Waals surface area (Å²) in [7, 11) is 1.46. The average Bonchev–Trinajstić information content (AvgIpc) is 2.27. The van der Waals surface area contributed by atoms with E-state index < -0.39 is 12.2 Å². The van der Waals surface area contributed by atoms with Crippen LogP contribution in [0.1, 0.15) is 11.7 Å². The molecule has 1 aromatic rings. The molecule has 0 aliphatic heterocycles. The topological polar surface area (TPSA) is 69.9 Å². The smallest absolute Gasteiger partial charge is 0.125 e. The van der Waals surface area contributed by atoms with Crippen LogP contribution in [0.5, 0.6) is 11.5 Å². The molecule has 2 unspecified atom stereocenters. The molecule has 3 N–H and O–H groups in total. The van der Waals surface area contributed by atoms with E-state index in [9.17, 15) is 15.3 Å². The van der Waals surface area contributed by atoms with Gasteiger partial charge in [-0.3, -0.25) is 0 Å². The number of ether oxygens (including phenoxy) is 1. The van der Waals surface area contributed by atoms with Crippen molar-refractivity contribution in [2.24, 2.45) is 0 Å². The normalized spacial score (nSPS) is 14.7. The highest BCUT2D eigenvalue weighted by Gasteiger charge is 2.21. The predicted molar refractivity (Wildman–Crippen MR) is 59.4 cm³/mol. The molecule has 0 radical (unpaired) electrons. The van der Waals surface area contributed by atoms with Crippen LogP contribution in [0, 0.1) is 0 Å². The van der Waals surface area contributed by atoms with Gasteiger partial charge >= 0.3 is 0 Å². The van der Waals surface area contributed by atoms with Gasteiger partial charge in [0.05, 0.1) is 13.2 Å². The summed E-state index contributed by atoms with van der Waals surface area (Å²) in [6.07, 6.45) is -2.04. The number of alkyl halides is 1. The Hall–Kier alpha value is -0.780. The minimum absolute atomic E-state index is 0.0200. The largest absolute Gasteiger partial charge is 0.508 e. The number of halogens is 1. The highest BCUT2D eigenvalue weighted by Crippen LogP contribution is 2.30. The zero-order chi connectivity index (χ0) is 11.4. The third-order valence-corrected chi connectivity index (χ3v) is 2.72. The molecule has 2 atom stereocenters. The van der Waals surface area contributed by atoms with Crippen LogP contribution >= 0.6 is 15.9 Å². The van der Waals surface area contributed by atoms with Gasteiger partial charge in [-0.2, -0.15) is 0 Å². The fraction of sp³-hybridized carbons (Fsp3) is 0.400. The number of phenols is 1. The van der Waals surface area contributed by atoms with Gasteiger partial charge in [0.25, 0.3) is 0 Å². The molecule has 0 fully saturated rings. The van der Waals surface area contributed by atoms with Crippen molar-refractivity contribution >= 4 is 15.9 Å². The van der Waals surface area contributed by atoms with Gasteiger partial charge in [0.15, 0.2) is 0 Å². The Morgan fingerprint density at radius 2 is 2.07 bits per heavy atom. The number of hydrogen-bond donors (Lipinski definition) is 3. The zero-order valence-corrected chi connectivity index (χ0v) is 9.81. The van der Waals surface area contributed by atoms with Crippen LogP contribution in [0.2, 0.25) is 0 Å². The number of methoxy groups -OCH3 is 1. The van der Waals surface area contributed by atoms with Gasteiger partial charge in [-0.05, 0) is 18.2 Å². The van der Waals surface area contributed by atoms with Crippen molar-refractivity contribution in [2.75, 3.05) is 12.4 Å². The first-order valence-corrected chi connectivity index (χ1v) is 5.51. The van der Waals surface area contributed by atoms with E-state index in [1.54, 1.807) is 0 Å². The monoisotopic (exact) mass is 276 g/mol. The molecule has 0 amide bonds. The van der Waals surface area contributed by atoms with E-state index in [-0.39, 0.29) is 11.1 Å². The van der Waals surface area contributed by atoms with Crippen LogP contribution in [-0.4, -0.2) is 33.9 Å². The van der Waals surface area contributed by atoms with Crippen LogP contribution in [0.15, 0.2) is 18.2 Å². The number of rotatable bonds is 4. The van der Waals surface area contributed by atoms with Gasteiger partial charge in [-0.15, -0.1) is 0 Å². The van der Waals surface area contributed by atoms with Crippen molar-refractivity contribution in [3.05, 3.63) is 23.8 Å². The number of hydrogen-bond acceptors (Lipinski definition) is 4. The summed E-state index contributed by atoms with van der Waals surface area (Å²) in [5, 5.41) is 28.7. The zero-order valence-electron chi connectivity index (χ0n) is 8.22. The third kappa shape index (κ3) is 2.84. The third-order valence-electron chi connectivity index (χ3n) is 2.05. The Labute approximate surface area is 96.3 Å². The van der Waals surface area contributed by atoms with Gasteiger partial charge in [0, 0.05) is 10.9 Å². The minimum atomic E-state index is -1.09. The first-order chi connectivity index (χ1) is 7.10. The lowest BCUT2D eigenvalue weighted by molar-refractivity contribution is 0.0326. The summed E-state index contributed by atoms with van der Waals surface area (Å²) >= 11 is 3.06. The Morgan fingerprint density at radius 3 is 2.60 bits per heavy atom. The van der Waals surface area contributed by atoms with Crippen molar-refractivity contribution in [2.45, 2.75) is 12.2 Å². The molecule has 0 aromatic heterocycles. The van der Waals surface area contributed by atoms with E-state index in [2.05, 4.69) is 15.9 Å². The van der Waals surface area contributed by atoms with Crippen molar-refractivity contribution in [1.29, 1.82) is 0 Å². The second kappa shape index (κ2) is 5.34. The second-order valence-corrected chi connectivity index (χ2v) is 3.74. The SMILES string of the molecule is COc1ccc(O)cc1C(O)C(O)CBr. The van der Waals surface area contributed by atoms with Gasteiger partial charge in [-0.1, -0.05) is 15.9 Å². The van der Waals surface area contributed by atoms with E-state index in [0.29, 0.717) is 11.3 Å². The summed E-state index contributed by atoms with van der Waals surface area (Å²) in [5.74, 6) is 0.451. The van der Waals surface area contributed by atoms with Crippen LogP contribution in [0.3, 0.4) is 0 Å². The molecule has 0 spiro atoms. The van der Waals surface area contributed by atoms with E-state index in [1.165, 1.54) is 25.3 Å². The highest BCUT2D eigenvalue weighted by molar-refractivity contribution is 9.09. The van der Waals surface area contributed by atoms with Gasteiger partial charge in [0.1, 0.15) is 17.6 Å². The highest BCUT2D eigenvalue weighted by atomic mass is 79.9. The van der Waals surface area contributed by atoms with Gasteiger partial charge in [-0.25, -0.2) is 0 Å². The van der Waals surface area contributed by atoms with E-state index in [1.807, 2.05) is 0 Å². The summed E-state index contributed by atoms with van der Waals surface area (Å²) < 4.78 is 5.02. The van der Waals surface area contributed by atoms with E-state index in [4.69, 9.17) is 4.74 Å². The number of benzene rings is 1. The number of phenolic OH excluding ortho intramolecular Hbond substituents is 1. The molecule has 4 nitrogen and oxygen atoms in total. The molecule has 0 bridgehead atoms. The maximum Gasteiger partial charge on any atom is 0.125 e. The number of aliphatic hydroxyl groups excluding tert-OH is 2. The fourth-order valence-electron chi connectivity index (χ4n) is 1.24. The predicted octanol–water partition coefficient (Wildman–Crippen LogP) is 1.19. The minimum Gasteiger partial charge on any atom is -0.508 e. The second-order valence-electron chi connectivity index (χ2n) is 3.09. The molecule has 1 rings (SSSR count). The summed E-state index contributed by atoms with van der Waals surface area (Å²) in [5.41, 5.74) is 0.365. The van der Waals surface area contributed by atoms with Crippen molar-refractivity contribution in [3.8, 4) is 11.5 Å². The van der Waals surface area contributed by atoms with Gasteiger partial charge in [0.2, 0.25) is 0 Å². The fourth-order valence-corrected chi connectivity index (χ4v) is 1.60. The lowest BCUT2D eigenvalue weighted by Gasteiger charge is -2.18. The molecular formula is C10H13BrO4. The van der Waals surface area contributed by atoms with Crippen molar-refractivity contribution < 1.29 is 20.1 Å². The Bertz CT molecular complexity index is 329. The molecule has 0 saturated heterocycles. The van der Waals surface area contributed by atoms with Crippen LogP contribution < -0.4 is 4.74 Å². The Morgan fingerprint density at radius 1 is 1.40 bits per heavy atom. The van der Waals surface area contributed by atoms with Gasteiger partial charge < -0.3 is 20.1 Å². The van der Waals surface area contributed by atoms with Crippen molar-refractivity contribution in [1.82, 2.24) is 0 Å². The quantitative estimate of drug-likeness (QED) is 0.723. The molecule has 0 aliphatic carbocycles. The first-order valence-electron chi connectivity index (χ1n) is 4.39. The van der Waals surface area contributed by atoms with E-state index in [0.717, 1.165) is 0 Å². The summed E-state index contributed by atoms with van der Waals surface area (Å²) in [4.78, 5) is 0. The maximum absolute atomic E-state index is 9.75. The molecule has 0 aliphatic rings. The molecule has 84 valence electrons. The molecule has 1 aromatic carbocycles. The molecular weight excluding hydrogens is 264 g/mol. The summed E-state index contributed by atoms with van der Waals surface area (Å²) in [6, 6.07) is 4.36. The molecule has 5 heteroatoms. The maximum atomic E-state index is 9.75. The lowest BCUT2D eigenvalue weighted by Crippen LogP contribution is -2.20. The van der Waals surface area contributed by atoms with Crippen LogP contribution in [0.25, 0.3) is 0 Å². The molecule has 15 heavy (non-hydrogen) atoms. The summed E-state index contributed by atoms with van der Waals surface area (Å²) in [6.45, 7) is 0. The lowest BCUT2D eigenvalue weighted by atomic mass is 10.0. The average molecular weight is 277 g/mol. The van der Waals surface area contributed by atoms with Crippen LogP contribution in [-0.2, 0) is 0 Å². The Balaban J connectivity index is 3.05. The first kappa shape index (κ1) is 12.3. The number of aromatic hydroxyl groups is 1. The Kier molecular flexibility index (Phi) is 4.38. The van der Waals surface area contributed by atoms with E-state index >= 15 is 0 Å².